The van der Waals surface area contributed by atoms with E-state index in [4.69, 9.17) is 4.98 Å². The number of imidazole rings is 2. The van der Waals surface area contributed by atoms with Crippen molar-refractivity contribution in [3.8, 4) is 11.3 Å². The van der Waals surface area contributed by atoms with Crippen molar-refractivity contribution in [3.05, 3.63) is 84.7 Å². The lowest BCUT2D eigenvalue weighted by Crippen LogP contribution is -2.00. The molecule has 136 valence electrons. The maximum absolute atomic E-state index is 4.78. The Morgan fingerprint density at radius 3 is 2.54 bits per heavy atom. The monoisotopic (exact) mass is 366 g/mol. The van der Waals surface area contributed by atoms with E-state index >= 15 is 0 Å². The molecule has 0 saturated carbocycles. The van der Waals surface area contributed by atoms with Gasteiger partial charge in [-0.1, -0.05) is 48.5 Å². The predicted molar refractivity (Wildman–Crippen MR) is 113 cm³/mol. The van der Waals surface area contributed by atoms with Crippen LogP contribution in [0.3, 0.4) is 0 Å². The van der Waals surface area contributed by atoms with Gasteiger partial charge in [0.25, 0.3) is 0 Å². The molecule has 0 atom stereocenters. The molecule has 0 amide bonds. The number of para-hydroxylation sites is 2. The summed E-state index contributed by atoms with van der Waals surface area (Å²) >= 11 is 0. The molecular weight excluding hydrogens is 348 g/mol. The van der Waals surface area contributed by atoms with Crippen LogP contribution in [-0.2, 0) is 7.05 Å². The molecule has 0 bridgehead atoms. The van der Waals surface area contributed by atoms with Crippen LogP contribution in [0.2, 0.25) is 0 Å². The van der Waals surface area contributed by atoms with E-state index in [1.807, 2.05) is 82.9 Å². The second-order valence-electron chi connectivity index (χ2n) is 6.49. The van der Waals surface area contributed by atoms with Gasteiger partial charge in [-0.2, -0.15) is 5.10 Å². The molecule has 0 unspecified atom stereocenters. The van der Waals surface area contributed by atoms with Crippen LogP contribution in [0.25, 0.3) is 27.9 Å². The van der Waals surface area contributed by atoms with Crippen molar-refractivity contribution in [2.24, 2.45) is 12.1 Å². The Morgan fingerprint density at radius 2 is 1.68 bits per heavy atom. The van der Waals surface area contributed by atoms with Gasteiger partial charge in [-0.25, -0.2) is 15.4 Å². The van der Waals surface area contributed by atoms with E-state index in [0.29, 0.717) is 5.95 Å². The average molecular weight is 366 g/mol. The highest BCUT2D eigenvalue weighted by atomic mass is 15.4. The van der Waals surface area contributed by atoms with Crippen molar-refractivity contribution < 1.29 is 0 Å². The van der Waals surface area contributed by atoms with Gasteiger partial charge in [0.2, 0.25) is 5.95 Å². The number of hydrogen-bond donors (Lipinski definition) is 1. The quantitative estimate of drug-likeness (QED) is 0.380. The molecular formula is C22H18N6. The number of aryl methyl sites for hydroxylation is 1. The predicted octanol–water partition coefficient (Wildman–Crippen LogP) is 4.33. The minimum Gasteiger partial charge on any atom is -0.312 e. The summed E-state index contributed by atoms with van der Waals surface area (Å²) in [6.45, 7) is 0. The standard InChI is InChI=1S/C22H18N6/c1-27-18-12-6-5-11-17(18)24-22(27)26-23-15-19-21(16-9-3-2-4-10-16)25-20-13-7-8-14-28(19)20/h2-15H,1H3,(H,24,26)/b23-15-. The third-order valence-corrected chi connectivity index (χ3v) is 4.75. The Labute approximate surface area is 161 Å². The van der Waals surface area contributed by atoms with Gasteiger partial charge in [-0.05, 0) is 24.3 Å². The molecule has 0 fully saturated rings. The molecule has 0 aliphatic heterocycles. The zero-order chi connectivity index (χ0) is 18.9. The van der Waals surface area contributed by atoms with Crippen molar-refractivity contribution in [3.63, 3.8) is 0 Å². The first-order chi connectivity index (χ1) is 13.8. The van der Waals surface area contributed by atoms with Gasteiger partial charge in [0, 0.05) is 18.8 Å². The Bertz CT molecular complexity index is 1300. The van der Waals surface area contributed by atoms with Crippen molar-refractivity contribution in [1.82, 2.24) is 18.9 Å². The number of nitrogens with one attached hydrogen (secondary N) is 1. The van der Waals surface area contributed by atoms with Crippen molar-refractivity contribution in [2.75, 3.05) is 5.43 Å². The Balaban J connectivity index is 1.54. The second-order valence-corrected chi connectivity index (χ2v) is 6.49. The van der Waals surface area contributed by atoms with Gasteiger partial charge in [0.1, 0.15) is 5.65 Å². The molecule has 0 aliphatic carbocycles. The minimum atomic E-state index is 0.688. The van der Waals surface area contributed by atoms with E-state index < -0.39 is 0 Å². The number of hydrogen-bond acceptors (Lipinski definition) is 4. The van der Waals surface area contributed by atoms with Crippen LogP contribution in [0.15, 0.2) is 84.1 Å². The first kappa shape index (κ1) is 16.3. The lowest BCUT2D eigenvalue weighted by molar-refractivity contribution is 0.943. The van der Waals surface area contributed by atoms with Crippen LogP contribution in [-0.4, -0.2) is 25.2 Å². The van der Waals surface area contributed by atoms with Crippen LogP contribution in [0.4, 0.5) is 5.95 Å². The highest BCUT2D eigenvalue weighted by Gasteiger charge is 2.12. The van der Waals surface area contributed by atoms with Gasteiger partial charge in [0.15, 0.2) is 0 Å². The third kappa shape index (κ3) is 2.72. The van der Waals surface area contributed by atoms with E-state index in [0.717, 1.165) is 33.6 Å². The fraction of sp³-hybridized carbons (Fsp3) is 0.0455. The smallest absolute Gasteiger partial charge is 0.224 e. The second kappa shape index (κ2) is 6.66. The summed E-state index contributed by atoms with van der Waals surface area (Å²) in [5.41, 5.74) is 8.79. The molecule has 0 saturated heterocycles. The van der Waals surface area contributed by atoms with Crippen LogP contribution >= 0.6 is 0 Å². The van der Waals surface area contributed by atoms with Crippen LogP contribution in [0.5, 0.6) is 0 Å². The third-order valence-electron chi connectivity index (χ3n) is 4.75. The van der Waals surface area contributed by atoms with Gasteiger partial charge < -0.3 is 4.57 Å². The summed E-state index contributed by atoms with van der Waals surface area (Å²) in [4.78, 5) is 9.37. The van der Waals surface area contributed by atoms with Gasteiger partial charge in [0.05, 0.1) is 28.6 Å². The first-order valence-corrected chi connectivity index (χ1v) is 9.04. The fourth-order valence-electron chi connectivity index (χ4n) is 3.34. The summed E-state index contributed by atoms with van der Waals surface area (Å²) in [7, 11) is 1.97. The summed E-state index contributed by atoms with van der Waals surface area (Å²) in [5, 5.41) is 4.46. The number of rotatable bonds is 4. The number of fused-ring (bicyclic) bond motifs is 2. The molecule has 3 aromatic heterocycles. The molecule has 6 heteroatoms. The number of benzene rings is 2. The molecule has 1 N–H and O–H groups in total. The van der Waals surface area contributed by atoms with Crippen LogP contribution in [0, 0.1) is 0 Å². The van der Waals surface area contributed by atoms with E-state index in [-0.39, 0.29) is 0 Å². The van der Waals surface area contributed by atoms with Gasteiger partial charge >= 0.3 is 0 Å². The molecule has 0 spiro atoms. The normalized spacial score (nSPS) is 11.6. The highest BCUT2D eigenvalue weighted by Crippen LogP contribution is 2.23. The average Bonchev–Trinajstić information content (AvgIpc) is 3.27. The Hall–Kier alpha value is -3.93. The summed E-state index contributed by atoms with van der Waals surface area (Å²) in [5.74, 6) is 0.688. The van der Waals surface area contributed by atoms with E-state index in [1.165, 1.54) is 0 Å². The SMILES string of the molecule is Cn1c(N/N=C\c2c(-c3ccccc3)nc3ccccn23)nc2ccccc21. The van der Waals surface area contributed by atoms with Crippen LogP contribution < -0.4 is 5.43 Å². The zero-order valence-electron chi connectivity index (χ0n) is 15.3. The number of aromatic nitrogens is 4. The van der Waals surface area contributed by atoms with E-state index in [2.05, 4.69) is 27.6 Å². The van der Waals surface area contributed by atoms with Gasteiger partial charge in [-0.3, -0.25) is 4.40 Å². The molecule has 5 rings (SSSR count). The maximum atomic E-state index is 4.78. The topological polar surface area (TPSA) is 59.5 Å². The Morgan fingerprint density at radius 1 is 0.893 bits per heavy atom. The minimum absolute atomic E-state index is 0.688. The summed E-state index contributed by atoms with van der Waals surface area (Å²) in [6, 6.07) is 24.1. The van der Waals surface area contributed by atoms with Crippen molar-refractivity contribution in [1.29, 1.82) is 0 Å². The molecule has 3 heterocycles. The van der Waals surface area contributed by atoms with Crippen molar-refractivity contribution in [2.45, 2.75) is 0 Å². The van der Waals surface area contributed by atoms with Gasteiger partial charge in [-0.15, -0.1) is 0 Å². The highest BCUT2D eigenvalue weighted by molar-refractivity contribution is 5.89. The largest absolute Gasteiger partial charge is 0.312 e. The number of hydrazone groups is 1. The molecule has 6 nitrogen and oxygen atoms in total. The van der Waals surface area contributed by atoms with E-state index in [1.54, 1.807) is 6.21 Å². The molecule has 28 heavy (non-hydrogen) atoms. The number of anilines is 1. The lowest BCUT2D eigenvalue weighted by atomic mass is 10.1. The molecule has 5 aromatic rings. The zero-order valence-corrected chi connectivity index (χ0v) is 15.3. The summed E-state index contributed by atoms with van der Waals surface area (Å²) in [6.07, 6.45) is 3.78. The van der Waals surface area contributed by atoms with Crippen molar-refractivity contribution >= 4 is 28.8 Å². The van der Waals surface area contributed by atoms with E-state index in [9.17, 15) is 0 Å². The fourth-order valence-corrected chi connectivity index (χ4v) is 3.34. The maximum Gasteiger partial charge on any atom is 0.224 e. The molecule has 0 radical (unpaired) electrons. The lowest BCUT2D eigenvalue weighted by Gasteiger charge is -2.02. The number of pyridine rings is 1. The summed E-state index contributed by atoms with van der Waals surface area (Å²) < 4.78 is 4.02. The molecule has 2 aromatic carbocycles. The van der Waals surface area contributed by atoms with Crippen LogP contribution in [0.1, 0.15) is 5.69 Å². The Kier molecular flexibility index (Phi) is 3.87. The molecule has 0 aliphatic rings. The number of nitrogens with zero attached hydrogens (tertiary/aromatic N) is 5. The first-order valence-electron chi connectivity index (χ1n) is 9.04.